The van der Waals surface area contributed by atoms with Gasteiger partial charge in [0, 0.05) is 24.0 Å². The Morgan fingerprint density at radius 2 is 2.12 bits per heavy atom. The van der Waals surface area contributed by atoms with E-state index in [1.807, 2.05) is 5.38 Å². The molecule has 0 radical (unpaired) electrons. The van der Waals surface area contributed by atoms with E-state index in [1.165, 1.54) is 23.5 Å². The number of hydrogen-bond donors (Lipinski definition) is 1. The predicted octanol–water partition coefficient (Wildman–Crippen LogP) is 3.60. The first kappa shape index (κ1) is 16.9. The number of aromatic nitrogens is 2. The van der Waals surface area contributed by atoms with Crippen molar-refractivity contribution >= 4 is 33.3 Å². The fourth-order valence-corrected chi connectivity index (χ4v) is 4.36. The third kappa shape index (κ3) is 2.92. The molecule has 1 atom stereocenters. The molecule has 3 aromatic rings. The molecule has 1 saturated heterocycles. The zero-order valence-electron chi connectivity index (χ0n) is 14.4. The maximum Gasteiger partial charge on any atom is 0.242 e. The van der Waals surface area contributed by atoms with Crippen molar-refractivity contribution in [1.82, 2.24) is 15.3 Å². The van der Waals surface area contributed by atoms with Crippen LogP contribution in [0.2, 0.25) is 0 Å². The van der Waals surface area contributed by atoms with Gasteiger partial charge in [0.2, 0.25) is 5.91 Å². The maximum absolute atomic E-state index is 13.3. The average Bonchev–Trinajstić information content (AvgIpc) is 3.08. The maximum atomic E-state index is 13.3. The van der Waals surface area contributed by atoms with E-state index in [4.69, 9.17) is 0 Å². The molecule has 1 aromatic carbocycles. The Bertz CT molecular complexity index is 940. The quantitative estimate of drug-likeness (QED) is 0.762. The topological polar surface area (TPSA) is 58.1 Å². The number of fused-ring (bicyclic) bond motifs is 1. The van der Waals surface area contributed by atoms with E-state index in [9.17, 15) is 9.18 Å². The van der Waals surface area contributed by atoms with Gasteiger partial charge in [-0.25, -0.2) is 14.4 Å². The molecule has 1 fully saturated rings. The van der Waals surface area contributed by atoms with Crippen LogP contribution < -0.4 is 10.2 Å². The summed E-state index contributed by atoms with van der Waals surface area (Å²) < 4.78 is 13.3. The zero-order chi connectivity index (χ0) is 18.1. The number of carbonyl (C=O) groups excluding carboxylic acids is 1. The first-order valence-corrected chi connectivity index (χ1v) is 9.59. The lowest BCUT2D eigenvalue weighted by molar-refractivity contribution is -0.123. The molecule has 0 spiro atoms. The lowest BCUT2D eigenvalue weighted by Gasteiger charge is -2.36. The number of carbonyl (C=O) groups is 1. The third-order valence-corrected chi connectivity index (χ3v) is 5.56. The van der Waals surface area contributed by atoms with Gasteiger partial charge in [-0.1, -0.05) is 25.5 Å². The second kappa shape index (κ2) is 6.99. The Balaban J connectivity index is 1.86. The number of nitrogens with one attached hydrogen (secondary N) is 1. The number of halogens is 1. The van der Waals surface area contributed by atoms with Crippen molar-refractivity contribution in [2.75, 3.05) is 18.0 Å². The van der Waals surface area contributed by atoms with Crippen molar-refractivity contribution in [2.24, 2.45) is 0 Å². The highest BCUT2D eigenvalue weighted by molar-refractivity contribution is 7.17. The normalized spacial score (nSPS) is 17.5. The highest BCUT2D eigenvalue weighted by Crippen LogP contribution is 2.38. The molecule has 1 aliphatic rings. The summed E-state index contributed by atoms with van der Waals surface area (Å²) in [7, 11) is 0. The van der Waals surface area contributed by atoms with E-state index in [0.717, 1.165) is 40.0 Å². The van der Waals surface area contributed by atoms with Crippen LogP contribution >= 0.6 is 11.3 Å². The number of rotatable bonds is 4. The van der Waals surface area contributed by atoms with E-state index in [2.05, 4.69) is 27.1 Å². The summed E-state index contributed by atoms with van der Waals surface area (Å²) in [6.45, 7) is 3.38. The van der Waals surface area contributed by atoms with Gasteiger partial charge < -0.3 is 10.2 Å². The fraction of sp³-hybridized carbons (Fsp3) is 0.316. The summed E-state index contributed by atoms with van der Waals surface area (Å²) in [6, 6.07) is 6.21. The van der Waals surface area contributed by atoms with Crippen molar-refractivity contribution < 1.29 is 9.18 Å². The smallest absolute Gasteiger partial charge is 0.242 e. The van der Waals surface area contributed by atoms with E-state index in [-0.39, 0.29) is 17.8 Å². The largest absolute Gasteiger partial charge is 0.353 e. The number of amides is 1. The van der Waals surface area contributed by atoms with Crippen LogP contribution in [0.5, 0.6) is 0 Å². The van der Waals surface area contributed by atoms with Crippen LogP contribution in [0.4, 0.5) is 10.2 Å². The lowest BCUT2D eigenvalue weighted by Crippen LogP contribution is -2.55. The molecule has 1 amide bonds. The number of hydrogen-bond acceptors (Lipinski definition) is 5. The minimum Gasteiger partial charge on any atom is -0.353 e. The summed E-state index contributed by atoms with van der Waals surface area (Å²) in [4.78, 5) is 24.3. The van der Waals surface area contributed by atoms with Gasteiger partial charge in [-0.05, 0) is 24.1 Å². The Morgan fingerprint density at radius 1 is 1.31 bits per heavy atom. The first-order valence-electron chi connectivity index (χ1n) is 8.71. The van der Waals surface area contributed by atoms with Crippen molar-refractivity contribution in [3.05, 3.63) is 41.8 Å². The molecule has 1 aliphatic heterocycles. The van der Waals surface area contributed by atoms with Crippen molar-refractivity contribution in [3.63, 3.8) is 0 Å². The van der Waals surface area contributed by atoms with Crippen molar-refractivity contribution in [2.45, 2.75) is 25.8 Å². The second-order valence-electron chi connectivity index (χ2n) is 6.32. The number of anilines is 1. The number of piperazine rings is 1. The van der Waals surface area contributed by atoms with Crippen molar-refractivity contribution in [1.29, 1.82) is 0 Å². The van der Waals surface area contributed by atoms with Crippen molar-refractivity contribution in [3.8, 4) is 11.1 Å². The summed E-state index contributed by atoms with van der Waals surface area (Å²) >= 11 is 1.53. The van der Waals surface area contributed by atoms with Gasteiger partial charge in [-0.15, -0.1) is 11.3 Å². The van der Waals surface area contributed by atoms with Gasteiger partial charge in [0.05, 0.1) is 5.39 Å². The Kier molecular flexibility index (Phi) is 4.55. The third-order valence-electron chi connectivity index (χ3n) is 4.67. The molecule has 134 valence electrons. The van der Waals surface area contributed by atoms with Gasteiger partial charge in [-0.2, -0.15) is 0 Å². The van der Waals surface area contributed by atoms with Gasteiger partial charge >= 0.3 is 0 Å². The minimum absolute atomic E-state index is 0.0448. The zero-order valence-corrected chi connectivity index (χ0v) is 15.2. The molecule has 0 unspecified atom stereocenters. The lowest BCUT2D eigenvalue weighted by atomic mass is 10.0. The minimum atomic E-state index is -0.263. The molecule has 3 heterocycles. The molecular formula is C19H19FN4OS. The van der Waals surface area contributed by atoms with Gasteiger partial charge in [0.15, 0.2) is 0 Å². The van der Waals surface area contributed by atoms with Gasteiger partial charge in [-0.3, -0.25) is 4.79 Å². The number of benzene rings is 1. The Morgan fingerprint density at radius 3 is 2.88 bits per heavy atom. The molecule has 0 bridgehead atoms. The van der Waals surface area contributed by atoms with Crippen LogP contribution in [-0.4, -0.2) is 35.0 Å². The molecule has 5 nitrogen and oxygen atoms in total. The molecule has 1 N–H and O–H groups in total. The number of nitrogens with zero attached hydrogens (tertiary/aromatic N) is 3. The van der Waals surface area contributed by atoms with Crippen LogP contribution in [0, 0.1) is 5.82 Å². The van der Waals surface area contributed by atoms with Crippen LogP contribution in [0.25, 0.3) is 21.3 Å². The van der Waals surface area contributed by atoms with Crippen LogP contribution in [0.1, 0.15) is 19.8 Å². The molecule has 2 aromatic heterocycles. The fourth-order valence-electron chi connectivity index (χ4n) is 3.45. The summed E-state index contributed by atoms with van der Waals surface area (Å²) in [6.07, 6.45) is 3.24. The Hall–Kier alpha value is -2.54. The average molecular weight is 370 g/mol. The summed E-state index contributed by atoms with van der Waals surface area (Å²) in [5.74, 6) is 0.563. The molecule has 0 saturated carbocycles. The standard InChI is InChI=1S/C19H19FN4OS/c1-2-3-15-18(25)21-8-9-24(15)17-16-14(10-26-19(16)23-11-22-17)12-4-6-13(20)7-5-12/h4-7,10-11,15H,2-3,8-9H2,1H3,(H,21,25)/t15-/m1/s1. The van der Waals surface area contributed by atoms with E-state index in [1.54, 1.807) is 18.5 Å². The van der Waals surface area contributed by atoms with Gasteiger partial charge in [0.1, 0.15) is 28.8 Å². The van der Waals surface area contributed by atoms with Crippen LogP contribution in [-0.2, 0) is 4.79 Å². The monoisotopic (exact) mass is 370 g/mol. The molecule has 7 heteroatoms. The Labute approximate surface area is 154 Å². The predicted molar refractivity (Wildman–Crippen MR) is 102 cm³/mol. The first-order chi connectivity index (χ1) is 12.7. The SMILES string of the molecule is CCC[C@@H]1C(=O)NCCN1c1ncnc2scc(-c3ccc(F)cc3)c12. The van der Waals surface area contributed by atoms with Gasteiger partial charge in [0.25, 0.3) is 0 Å². The molecule has 0 aliphatic carbocycles. The summed E-state index contributed by atoms with van der Waals surface area (Å²) in [5, 5.41) is 5.90. The molecule has 4 rings (SSSR count). The molecule has 26 heavy (non-hydrogen) atoms. The van der Waals surface area contributed by atoms with E-state index >= 15 is 0 Å². The highest BCUT2D eigenvalue weighted by atomic mass is 32.1. The van der Waals surface area contributed by atoms with E-state index in [0.29, 0.717) is 13.1 Å². The highest BCUT2D eigenvalue weighted by Gasteiger charge is 2.31. The van der Waals surface area contributed by atoms with Crippen LogP contribution in [0.15, 0.2) is 36.0 Å². The number of thiophene rings is 1. The van der Waals surface area contributed by atoms with Crippen LogP contribution in [0.3, 0.4) is 0 Å². The molecular weight excluding hydrogens is 351 g/mol. The summed E-state index contributed by atoms with van der Waals surface area (Å²) in [5.41, 5.74) is 1.89. The van der Waals surface area contributed by atoms with E-state index < -0.39 is 0 Å². The second-order valence-corrected chi connectivity index (χ2v) is 7.18.